The number of rotatable bonds is 7. The quantitative estimate of drug-likeness (QED) is 0.814. The molecule has 1 aromatic heterocycles. The van der Waals surface area contributed by atoms with Crippen LogP contribution in [0.1, 0.15) is 12.8 Å². The van der Waals surface area contributed by atoms with Crippen molar-refractivity contribution >= 4 is 17.5 Å². The van der Waals surface area contributed by atoms with Gasteiger partial charge in [0.25, 0.3) is 0 Å². The maximum atomic E-state index is 11.8. The van der Waals surface area contributed by atoms with Crippen molar-refractivity contribution in [3.63, 3.8) is 0 Å². The highest BCUT2D eigenvalue weighted by atomic mass is 35.5. The minimum atomic E-state index is -0.0743. The molecule has 2 rings (SSSR count). The number of halogens is 1. The summed E-state index contributed by atoms with van der Waals surface area (Å²) in [6.45, 7) is 2.98. The van der Waals surface area contributed by atoms with Gasteiger partial charge in [0.15, 0.2) is 0 Å². The molecule has 118 valence electrons. The smallest absolute Gasteiger partial charge is 0.228 e. The van der Waals surface area contributed by atoms with Gasteiger partial charge in [0.1, 0.15) is 0 Å². The van der Waals surface area contributed by atoms with Gasteiger partial charge in [-0.15, -0.1) is 0 Å². The molecule has 1 amide bonds. The SMILES string of the molecule is CNCC(C)C(=O)NCCc1nc(-c2cccc(Cl)c2)no1. The Morgan fingerprint density at radius 1 is 1.45 bits per heavy atom. The van der Waals surface area contributed by atoms with E-state index in [2.05, 4.69) is 20.8 Å². The zero-order valence-electron chi connectivity index (χ0n) is 12.6. The van der Waals surface area contributed by atoms with E-state index in [1.54, 1.807) is 12.1 Å². The zero-order chi connectivity index (χ0) is 15.9. The third kappa shape index (κ3) is 4.54. The van der Waals surface area contributed by atoms with Crippen molar-refractivity contribution in [2.75, 3.05) is 20.1 Å². The lowest BCUT2D eigenvalue weighted by Gasteiger charge is -2.10. The van der Waals surface area contributed by atoms with Crippen LogP contribution in [-0.2, 0) is 11.2 Å². The molecule has 0 radical (unpaired) electrons. The predicted octanol–water partition coefficient (Wildman–Crippen LogP) is 1.90. The maximum absolute atomic E-state index is 11.8. The first-order chi connectivity index (χ1) is 10.6. The average Bonchev–Trinajstić information content (AvgIpc) is 2.96. The van der Waals surface area contributed by atoms with Crippen LogP contribution in [0, 0.1) is 5.92 Å². The topological polar surface area (TPSA) is 80.0 Å². The number of aromatic nitrogens is 2. The molecule has 0 fully saturated rings. The van der Waals surface area contributed by atoms with Crippen molar-refractivity contribution in [3.05, 3.63) is 35.2 Å². The fraction of sp³-hybridized carbons (Fsp3) is 0.400. The summed E-state index contributed by atoms with van der Waals surface area (Å²) in [7, 11) is 1.82. The first kappa shape index (κ1) is 16.5. The number of carbonyl (C=O) groups is 1. The van der Waals surface area contributed by atoms with Crippen molar-refractivity contribution in [2.45, 2.75) is 13.3 Å². The lowest BCUT2D eigenvalue weighted by Crippen LogP contribution is -2.35. The fourth-order valence-electron chi connectivity index (χ4n) is 1.97. The monoisotopic (exact) mass is 322 g/mol. The Morgan fingerprint density at radius 3 is 3.00 bits per heavy atom. The molecular formula is C15H19ClN4O2. The number of carbonyl (C=O) groups excluding carboxylic acids is 1. The molecule has 6 nitrogen and oxygen atoms in total. The molecule has 7 heteroatoms. The van der Waals surface area contributed by atoms with Gasteiger partial charge in [-0.1, -0.05) is 35.8 Å². The van der Waals surface area contributed by atoms with E-state index in [9.17, 15) is 4.79 Å². The van der Waals surface area contributed by atoms with Crippen LogP contribution in [0.25, 0.3) is 11.4 Å². The molecule has 1 unspecified atom stereocenters. The van der Waals surface area contributed by atoms with E-state index in [0.29, 0.717) is 36.2 Å². The normalized spacial score (nSPS) is 12.1. The van der Waals surface area contributed by atoms with Crippen LogP contribution in [-0.4, -0.2) is 36.2 Å². The second kappa shape index (κ2) is 7.91. The third-order valence-corrected chi connectivity index (χ3v) is 3.38. The second-order valence-electron chi connectivity index (χ2n) is 5.02. The number of nitrogens with zero attached hydrogens (tertiary/aromatic N) is 2. The summed E-state index contributed by atoms with van der Waals surface area (Å²) in [5.74, 6) is 0.905. The minimum Gasteiger partial charge on any atom is -0.355 e. The van der Waals surface area contributed by atoms with E-state index in [-0.39, 0.29) is 11.8 Å². The summed E-state index contributed by atoms with van der Waals surface area (Å²) in [4.78, 5) is 16.1. The number of amides is 1. The summed E-state index contributed by atoms with van der Waals surface area (Å²) in [5, 5.41) is 10.4. The Labute approximate surface area is 134 Å². The highest BCUT2D eigenvalue weighted by molar-refractivity contribution is 6.30. The van der Waals surface area contributed by atoms with Gasteiger partial charge < -0.3 is 15.2 Å². The van der Waals surface area contributed by atoms with Gasteiger partial charge >= 0.3 is 0 Å². The molecule has 1 heterocycles. The number of nitrogens with one attached hydrogen (secondary N) is 2. The second-order valence-corrected chi connectivity index (χ2v) is 5.46. The first-order valence-corrected chi connectivity index (χ1v) is 7.48. The van der Waals surface area contributed by atoms with E-state index in [1.165, 1.54) is 0 Å². The molecule has 2 aromatic rings. The maximum Gasteiger partial charge on any atom is 0.228 e. The molecular weight excluding hydrogens is 304 g/mol. The van der Waals surface area contributed by atoms with Crippen LogP contribution < -0.4 is 10.6 Å². The van der Waals surface area contributed by atoms with Crippen LogP contribution in [0.2, 0.25) is 5.02 Å². The van der Waals surface area contributed by atoms with Gasteiger partial charge in [-0.2, -0.15) is 4.98 Å². The largest absolute Gasteiger partial charge is 0.355 e. The molecule has 1 aromatic carbocycles. The van der Waals surface area contributed by atoms with E-state index in [0.717, 1.165) is 5.56 Å². The van der Waals surface area contributed by atoms with Crippen LogP contribution >= 0.6 is 11.6 Å². The Morgan fingerprint density at radius 2 is 2.27 bits per heavy atom. The molecule has 1 atom stereocenters. The van der Waals surface area contributed by atoms with Crippen LogP contribution in [0.4, 0.5) is 0 Å². The van der Waals surface area contributed by atoms with Gasteiger partial charge in [0, 0.05) is 36.0 Å². The Kier molecular flexibility index (Phi) is 5.91. The summed E-state index contributed by atoms with van der Waals surface area (Å²) in [5.41, 5.74) is 0.800. The number of hydrogen-bond acceptors (Lipinski definition) is 5. The van der Waals surface area contributed by atoms with Gasteiger partial charge in [-0.05, 0) is 19.2 Å². The molecule has 2 N–H and O–H groups in total. The third-order valence-electron chi connectivity index (χ3n) is 3.15. The zero-order valence-corrected chi connectivity index (χ0v) is 13.4. The van der Waals surface area contributed by atoms with E-state index >= 15 is 0 Å². The molecule has 0 saturated heterocycles. The lowest BCUT2D eigenvalue weighted by atomic mass is 10.1. The molecule has 0 spiro atoms. The summed E-state index contributed by atoms with van der Waals surface area (Å²) < 4.78 is 5.18. The average molecular weight is 323 g/mol. The van der Waals surface area contributed by atoms with Crippen LogP contribution in [0.15, 0.2) is 28.8 Å². The van der Waals surface area contributed by atoms with Crippen LogP contribution in [0.3, 0.4) is 0 Å². The Bertz CT molecular complexity index is 630. The molecule has 0 saturated carbocycles. The molecule has 0 aliphatic rings. The molecule has 0 bridgehead atoms. The van der Waals surface area contributed by atoms with Crippen molar-refractivity contribution < 1.29 is 9.32 Å². The molecule has 0 aliphatic carbocycles. The van der Waals surface area contributed by atoms with E-state index < -0.39 is 0 Å². The van der Waals surface area contributed by atoms with Crippen LogP contribution in [0.5, 0.6) is 0 Å². The first-order valence-electron chi connectivity index (χ1n) is 7.11. The number of hydrogen-bond donors (Lipinski definition) is 2. The van der Waals surface area contributed by atoms with Crippen molar-refractivity contribution in [2.24, 2.45) is 5.92 Å². The molecule has 22 heavy (non-hydrogen) atoms. The van der Waals surface area contributed by atoms with Gasteiger partial charge in [0.2, 0.25) is 17.6 Å². The summed E-state index contributed by atoms with van der Waals surface area (Å²) in [6, 6.07) is 7.25. The van der Waals surface area contributed by atoms with Gasteiger partial charge in [-0.25, -0.2) is 0 Å². The highest BCUT2D eigenvalue weighted by Gasteiger charge is 2.12. The number of benzene rings is 1. The highest BCUT2D eigenvalue weighted by Crippen LogP contribution is 2.19. The summed E-state index contributed by atoms with van der Waals surface area (Å²) in [6.07, 6.45) is 0.492. The minimum absolute atomic E-state index is 0.00364. The fourth-order valence-corrected chi connectivity index (χ4v) is 2.16. The standard InChI is InChI=1S/C15H19ClN4O2/c1-10(9-17-2)15(21)18-7-6-13-19-14(20-22-13)11-4-3-5-12(16)8-11/h3-5,8,10,17H,6-7,9H2,1-2H3,(H,18,21). The van der Waals surface area contributed by atoms with Crippen molar-refractivity contribution in [1.29, 1.82) is 0 Å². The Hall–Kier alpha value is -1.92. The predicted molar refractivity (Wildman–Crippen MR) is 84.5 cm³/mol. The van der Waals surface area contributed by atoms with E-state index in [4.69, 9.17) is 16.1 Å². The lowest BCUT2D eigenvalue weighted by molar-refractivity contribution is -0.124. The summed E-state index contributed by atoms with van der Waals surface area (Å²) >= 11 is 5.94. The molecule has 0 aliphatic heterocycles. The van der Waals surface area contributed by atoms with Gasteiger partial charge in [-0.3, -0.25) is 4.79 Å². The van der Waals surface area contributed by atoms with Crippen molar-refractivity contribution in [3.8, 4) is 11.4 Å². The Balaban J connectivity index is 1.86. The van der Waals surface area contributed by atoms with Gasteiger partial charge in [0.05, 0.1) is 0 Å². The van der Waals surface area contributed by atoms with Crippen molar-refractivity contribution in [1.82, 2.24) is 20.8 Å². The van der Waals surface area contributed by atoms with E-state index in [1.807, 2.05) is 26.1 Å².